The van der Waals surface area contributed by atoms with Crippen molar-refractivity contribution in [1.82, 2.24) is 10.2 Å². The van der Waals surface area contributed by atoms with Gasteiger partial charge in [-0.1, -0.05) is 20.8 Å². The number of hydrogen-bond donors (Lipinski definition) is 2. The van der Waals surface area contributed by atoms with Gasteiger partial charge in [0.05, 0.1) is 6.61 Å². The van der Waals surface area contributed by atoms with E-state index in [4.69, 9.17) is 4.74 Å². The Morgan fingerprint density at radius 1 is 1.33 bits per heavy atom. The summed E-state index contributed by atoms with van der Waals surface area (Å²) in [7, 11) is 0. The first-order chi connectivity index (χ1) is 9.66. The van der Waals surface area contributed by atoms with Crippen LogP contribution in [0.1, 0.15) is 40.5 Å². The SMILES string of the molecule is CCOC(=O)CN(C(=O)NC(C(=O)O)C(C)(C)C)C1CC1. The van der Waals surface area contributed by atoms with E-state index in [0.717, 1.165) is 12.8 Å². The molecule has 0 bridgehead atoms. The van der Waals surface area contributed by atoms with E-state index < -0.39 is 29.4 Å². The molecule has 0 spiro atoms. The van der Waals surface area contributed by atoms with Crippen LogP contribution >= 0.6 is 0 Å². The lowest BCUT2D eigenvalue weighted by Crippen LogP contribution is -2.54. The van der Waals surface area contributed by atoms with E-state index in [2.05, 4.69) is 5.32 Å². The maximum atomic E-state index is 12.3. The fourth-order valence-corrected chi connectivity index (χ4v) is 1.95. The summed E-state index contributed by atoms with van der Waals surface area (Å²) >= 11 is 0. The molecule has 2 amide bonds. The third-order valence-electron chi connectivity index (χ3n) is 3.23. The van der Waals surface area contributed by atoms with Crippen molar-refractivity contribution in [2.45, 2.75) is 52.6 Å². The molecule has 21 heavy (non-hydrogen) atoms. The van der Waals surface area contributed by atoms with Crippen LogP contribution in [0.2, 0.25) is 0 Å². The first-order valence-corrected chi connectivity index (χ1v) is 7.12. The van der Waals surface area contributed by atoms with Crippen LogP contribution < -0.4 is 5.32 Å². The zero-order valence-electron chi connectivity index (χ0n) is 13.0. The quantitative estimate of drug-likeness (QED) is 0.719. The molecule has 1 atom stereocenters. The maximum absolute atomic E-state index is 12.3. The van der Waals surface area contributed by atoms with Crippen molar-refractivity contribution < 1.29 is 24.2 Å². The third kappa shape index (κ3) is 5.24. The van der Waals surface area contributed by atoms with Gasteiger partial charge in [-0.2, -0.15) is 0 Å². The molecule has 1 saturated carbocycles. The fourth-order valence-electron chi connectivity index (χ4n) is 1.95. The average Bonchev–Trinajstić information content (AvgIpc) is 3.15. The fraction of sp³-hybridized carbons (Fsp3) is 0.786. The number of esters is 1. The first kappa shape index (κ1) is 17.3. The number of nitrogens with one attached hydrogen (secondary N) is 1. The van der Waals surface area contributed by atoms with Gasteiger partial charge in [-0.3, -0.25) is 4.79 Å². The minimum absolute atomic E-state index is 0.0104. The van der Waals surface area contributed by atoms with Gasteiger partial charge in [0.1, 0.15) is 12.6 Å². The highest BCUT2D eigenvalue weighted by Gasteiger charge is 2.38. The van der Waals surface area contributed by atoms with Crippen LogP contribution in [-0.4, -0.2) is 53.2 Å². The molecular weight excluding hydrogens is 276 g/mol. The van der Waals surface area contributed by atoms with Crippen molar-refractivity contribution in [1.29, 1.82) is 0 Å². The number of amides is 2. The summed E-state index contributed by atoms with van der Waals surface area (Å²) in [6.07, 6.45) is 1.64. The number of nitrogens with zero attached hydrogens (tertiary/aromatic N) is 1. The highest BCUT2D eigenvalue weighted by molar-refractivity contribution is 5.86. The molecule has 0 aromatic rings. The zero-order valence-corrected chi connectivity index (χ0v) is 13.0. The maximum Gasteiger partial charge on any atom is 0.326 e. The van der Waals surface area contributed by atoms with Gasteiger partial charge in [0.15, 0.2) is 0 Å². The second-order valence-corrected chi connectivity index (χ2v) is 6.25. The van der Waals surface area contributed by atoms with Crippen molar-refractivity contribution >= 4 is 18.0 Å². The van der Waals surface area contributed by atoms with Gasteiger partial charge in [-0.15, -0.1) is 0 Å². The predicted molar refractivity (Wildman–Crippen MR) is 75.8 cm³/mol. The van der Waals surface area contributed by atoms with Gasteiger partial charge >= 0.3 is 18.0 Å². The molecule has 0 saturated heterocycles. The molecule has 0 aliphatic heterocycles. The molecule has 0 heterocycles. The summed E-state index contributed by atoms with van der Waals surface area (Å²) in [4.78, 5) is 36.5. The second-order valence-electron chi connectivity index (χ2n) is 6.25. The topological polar surface area (TPSA) is 95.9 Å². The molecule has 1 aliphatic carbocycles. The Balaban J connectivity index is 2.72. The number of ether oxygens (including phenoxy) is 1. The molecule has 1 aliphatic rings. The van der Waals surface area contributed by atoms with E-state index in [9.17, 15) is 19.5 Å². The van der Waals surface area contributed by atoms with Crippen molar-refractivity contribution in [3.8, 4) is 0 Å². The molecule has 2 N–H and O–H groups in total. The Labute approximate surface area is 124 Å². The lowest BCUT2D eigenvalue weighted by Gasteiger charge is -2.30. The van der Waals surface area contributed by atoms with Crippen LogP contribution in [0.25, 0.3) is 0 Å². The van der Waals surface area contributed by atoms with Crippen molar-refractivity contribution in [3.05, 3.63) is 0 Å². The predicted octanol–water partition coefficient (Wildman–Crippen LogP) is 1.22. The minimum atomic E-state index is -1.09. The number of carboxylic acid groups (broad SMARTS) is 1. The average molecular weight is 300 g/mol. The largest absolute Gasteiger partial charge is 0.480 e. The Morgan fingerprint density at radius 3 is 2.29 bits per heavy atom. The number of rotatable bonds is 6. The smallest absolute Gasteiger partial charge is 0.326 e. The highest BCUT2D eigenvalue weighted by atomic mass is 16.5. The van der Waals surface area contributed by atoms with E-state index in [0.29, 0.717) is 0 Å². The summed E-state index contributed by atoms with van der Waals surface area (Å²) in [5, 5.41) is 11.7. The zero-order chi connectivity index (χ0) is 16.2. The Kier molecular flexibility index (Phi) is 5.57. The molecule has 1 rings (SSSR count). The number of carboxylic acids is 1. The lowest BCUT2D eigenvalue weighted by atomic mass is 9.87. The summed E-state index contributed by atoms with van der Waals surface area (Å²) in [6, 6.07) is -1.56. The van der Waals surface area contributed by atoms with Gasteiger partial charge < -0.3 is 20.1 Å². The molecule has 7 nitrogen and oxygen atoms in total. The Morgan fingerprint density at radius 2 is 1.90 bits per heavy atom. The van der Waals surface area contributed by atoms with Gasteiger partial charge in [-0.05, 0) is 25.2 Å². The molecule has 1 unspecified atom stereocenters. The van der Waals surface area contributed by atoms with E-state index >= 15 is 0 Å². The van der Waals surface area contributed by atoms with E-state index in [1.165, 1.54) is 4.90 Å². The number of hydrogen-bond acceptors (Lipinski definition) is 4. The summed E-state index contributed by atoms with van der Waals surface area (Å²) in [6.45, 7) is 7.00. The van der Waals surface area contributed by atoms with Crippen LogP contribution in [0.3, 0.4) is 0 Å². The van der Waals surface area contributed by atoms with Gasteiger partial charge in [-0.25, -0.2) is 9.59 Å². The second kappa shape index (κ2) is 6.78. The van der Waals surface area contributed by atoms with Gasteiger partial charge in [0.2, 0.25) is 0 Å². The minimum Gasteiger partial charge on any atom is -0.480 e. The highest BCUT2D eigenvalue weighted by Crippen LogP contribution is 2.27. The summed E-state index contributed by atoms with van der Waals surface area (Å²) in [5.74, 6) is -1.58. The number of urea groups is 1. The molecular formula is C14H24N2O5. The number of carbonyl (C=O) groups is 3. The normalized spacial score (nSPS) is 16.0. The summed E-state index contributed by atoms with van der Waals surface area (Å²) in [5.41, 5.74) is -0.624. The van der Waals surface area contributed by atoms with Crippen molar-refractivity contribution in [2.75, 3.05) is 13.2 Å². The molecule has 1 fully saturated rings. The summed E-state index contributed by atoms with van der Waals surface area (Å²) < 4.78 is 4.84. The molecule has 0 radical (unpaired) electrons. The third-order valence-corrected chi connectivity index (χ3v) is 3.23. The van der Waals surface area contributed by atoms with Crippen molar-refractivity contribution in [3.63, 3.8) is 0 Å². The van der Waals surface area contributed by atoms with Crippen LogP contribution in [0.4, 0.5) is 4.79 Å². The van der Waals surface area contributed by atoms with Crippen LogP contribution in [0.5, 0.6) is 0 Å². The van der Waals surface area contributed by atoms with Crippen LogP contribution in [-0.2, 0) is 14.3 Å². The molecule has 0 aromatic carbocycles. The van der Waals surface area contributed by atoms with E-state index in [1.54, 1.807) is 27.7 Å². The monoisotopic (exact) mass is 300 g/mol. The van der Waals surface area contributed by atoms with Gasteiger partial charge in [0.25, 0.3) is 0 Å². The van der Waals surface area contributed by atoms with E-state index in [-0.39, 0.29) is 19.2 Å². The number of aliphatic carboxylic acids is 1. The van der Waals surface area contributed by atoms with Crippen LogP contribution in [0, 0.1) is 5.41 Å². The Bertz CT molecular complexity index is 412. The van der Waals surface area contributed by atoms with Crippen molar-refractivity contribution in [2.24, 2.45) is 5.41 Å². The lowest BCUT2D eigenvalue weighted by molar-refractivity contribution is -0.143. The Hall–Kier alpha value is -1.79. The number of carbonyl (C=O) groups excluding carboxylic acids is 2. The standard InChI is InChI=1S/C14H24N2O5/c1-5-21-10(17)8-16(9-6-7-9)13(20)15-11(12(18)19)14(2,3)4/h9,11H,5-8H2,1-4H3,(H,15,20)(H,18,19). The molecule has 120 valence electrons. The van der Waals surface area contributed by atoms with E-state index in [1.807, 2.05) is 0 Å². The van der Waals surface area contributed by atoms with Crippen LogP contribution in [0.15, 0.2) is 0 Å². The first-order valence-electron chi connectivity index (χ1n) is 7.12. The molecule has 0 aromatic heterocycles. The van der Waals surface area contributed by atoms with Gasteiger partial charge in [0, 0.05) is 6.04 Å². The molecule has 7 heteroatoms.